The van der Waals surface area contributed by atoms with Crippen molar-refractivity contribution in [3.63, 3.8) is 0 Å². The van der Waals surface area contributed by atoms with Gasteiger partial charge in [-0.2, -0.15) is 0 Å². The highest BCUT2D eigenvalue weighted by Gasteiger charge is 2.24. The maximum absolute atomic E-state index is 11.7. The predicted octanol–water partition coefficient (Wildman–Crippen LogP) is -0.614. The van der Waals surface area contributed by atoms with Gasteiger partial charge >= 0.3 is 17.6 Å². The first-order valence-electron chi connectivity index (χ1n) is 5.13. The molecule has 0 aliphatic heterocycles. The Kier molecular flexibility index (Phi) is 4.81. The molecule has 0 spiro atoms. The average molecular weight is 269 g/mol. The Bertz CT molecular complexity index is 528. The summed E-state index contributed by atoms with van der Waals surface area (Å²) in [5.41, 5.74) is -0.670. The lowest BCUT2D eigenvalue weighted by molar-refractivity contribution is -0.147. The number of carbonyl (C=O) groups excluding carboxylic acids is 2. The molecule has 0 fully saturated rings. The molecule has 8 heteroatoms. The van der Waals surface area contributed by atoms with Crippen molar-refractivity contribution in [3.8, 4) is 0 Å². The normalized spacial score (nSPS) is 11.4. The van der Waals surface area contributed by atoms with E-state index in [2.05, 4.69) is 14.5 Å². The first-order chi connectivity index (χ1) is 8.93. The van der Waals surface area contributed by atoms with Gasteiger partial charge in [0.2, 0.25) is 0 Å². The van der Waals surface area contributed by atoms with Crippen LogP contribution in [0.1, 0.15) is 16.8 Å². The minimum Gasteiger partial charge on any atom is -0.480 e. The number of nitrogens with one attached hydrogen (secondary N) is 1. The van der Waals surface area contributed by atoms with Crippen LogP contribution in [0.5, 0.6) is 0 Å². The summed E-state index contributed by atoms with van der Waals surface area (Å²) < 4.78 is 8.79. The third kappa shape index (κ3) is 4.26. The van der Waals surface area contributed by atoms with E-state index in [1.165, 1.54) is 6.07 Å². The number of carbonyl (C=O) groups is 3. The first kappa shape index (κ1) is 14.4. The molecule has 0 unspecified atom stereocenters. The van der Waals surface area contributed by atoms with Gasteiger partial charge in [-0.15, -0.1) is 0 Å². The predicted molar refractivity (Wildman–Crippen MR) is 60.5 cm³/mol. The summed E-state index contributed by atoms with van der Waals surface area (Å²) in [7, 11) is 1.11. The van der Waals surface area contributed by atoms with Gasteiger partial charge in [-0.1, -0.05) is 0 Å². The molecule has 0 aliphatic carbocycles. The first-order valence-corrected chi connectivity index (χ1v) is 5.13. The van der Waals surface area contributed by atoms with E-state index < -0.39 is 35.9 Å². The van der Waals surface area contributed by atoms with Crippen LogP contribution in [0.4, 0.5) is 0 Å². The Labute approximate surface area is 107 Å². The fraction of sp³-hybridized carbons (Fsp3) is 0.273. The SMILES string of the molecule is COC(=O)C[C@H](NC(=O)c1ccc(=O)oc1)C(=O)O. The van der Waals surface area contributed by atoms with Crippen molar-refractivity contribution in [2.75, 3.05) is 7.11 Å². The summed E-state index contributed by atoms with van der Waals surface area (Å²) in [6, 6.07) is 0.773. The molecule has 8 nitrogen and oxygen atoms in total. The summed E-state index contributed by atoms with van der Waals surface area (Å²) in [6.45, 7) is 0. The Morgan fingerprint density at radius 2 is 2.11 bits per heavy atom. The highest BCUT2D eigenvalue weighted by Crippen LogP contribution is 2.00. The minimum absolute atomic E-state index is 0.0317. The van der Waals surface area contributed by atoms with Crippen LogP contribution in [0.3, 0.4) is 0 Å². The van der Waals surface area contributed by atoms with Crippen molar-refractivity contribution in [3.05, 3.63) is 34.4 Å². The molecule has 1 amide bonds. The number of rotatable bonds is 5. The lowest BCUT2D eigenvalue weighted by atomic mass is 10.2. The molecule has 0 bridgehead atoms. The van der Waals surface area contributed by atoms with E-state index in [4.69, 9.17) is 5.11 Å². The van der Waals surface area contributed by atoms with Crippen molar-refractivity contribution in [2.45, 2.75) is 12.5 Å². The molecular formula is C11H11NO7. The molecule has 1 aromatic rings. The summed E-state index contributed by atoms with van der Waals surface area (Å²) in [5, 5.41) is 11.0. The van der Waals surface area contributed by atoms with E-state index in [0.29, 0.717) is 0 Å². The number of hydrogen-bond acceptors (Lipinski definition) is 6. The van der Waals surface area contributed by atoms with E-state index in [1.807, 2.05) is 0 Å². The second kappa shape index (κ2) is 6.34. The molecule has 1 aromatic heterocycles. The van der Waals surface area contributed by atoms with E-state index in [0.717, 1.165) is 19.4 Å². The zero-order chi connectivity index (χ0) is 14.4. The fourth-order valence-electron chi connectivity index (χ4n) is 1.18. The summed E-state index contributed by atoms with van der Waals surface area (Å²) in [5.74, 6) is -2.93. The van der Waals surface area contributed by atoms with Crippen LogP contribution >= 0.6 is 0 Å². The molecule has 0 saturated heterocycles. The molecule has 0 aliphatic rings. The highest BCUT2D eigenvalue weighted by atomic mass is 16.5. The second-order valence-corrected chi connectivity index (χ2v) is 3.49. The number of hydrogen-bond donors (Lipinski definition) is 2. The third-order valence-electron chi connectivity index (χ3n) is 2.17. The number of esters is 1. The van der Waals surface area contributed by atoms with Gasteiger partial charge in [-0.05, 0) is 6.07 Å². The van der Waals surface area contributed by atoms with Gasteiger partial charge in [0.25, 0.3) is 5.91 Å². The molecule has 0 aromatic carbocycles. The molecule has 102 valence electrons. The summed E-state index contributed by atoms with van der Waals surface area (Å²) in [6.07, 6.45) is 0.392. The van der Waals surface area contributed by atoms with E-state index in [9.17, 15) is 19.2 Å². The molecular weight excluding hydrogens is 258 g/mol. The molecule has 0 saturated carbocycles. The number of amides is 1. The van der Waals surface area contributed by atoms with Crippen molar-refractivity contribution < 1.29 is 28.6 Å². The standard InChI is InChI=1S/C11H11NO7/c1-18-9(14)4-7(11(16)17)12-10(15)6-2-3-8(13)19-5-6/h2-3,5,7H,4H2,1H3,(H,12,15)(H,16,17)/t7-/m0/s1. The van der Waals surface area contributed by atoms with Crippen LogP contribution in [-0.4, -0.2) is 36.1 Å². The monoisotopic (exact) mass is 269 g/mol. The largest absolute Gasteiger partial charge is 0.480 e. The fourth-order valence-corrected chi connectivity index (χ4v) is 1.18. The topological polar surface area (TPSA) is 123 Å². The molecule has 1 rings (SSSR count). The van der Waals surface area contributed by atoms with Crippen molar-refractivity contribution >= 4 is 17.8 Å². The third-order valence-corrected chi connectivity index (χ3v) is 2.17. The summed E-state index contributed by atoms with van der Waals surface area (Å²) >= 11 is 0. The van der Waals surface area contributed by atoms with E-state index >= 15 is 0 Å². The Morgan fingerprint density at radius 3 is 2.58 bits per heavy atom. The average Bonchev–Trinajstić information content (AvgIpc) is 2.38. The van der Waals surface area contributed by atoms with Crippen LogP contribution in [0.15, 0.2) is 27.6 Å². The van der Waals surface area contributed by atoms with Gasteiger partial charge in [-0.3, -0.25) is 9.59 Å². The second-order valence-electron chi connectivity index (χ2n) is 3.49. The maximum Gasteiger partial charge on any atom is 0.335 e. The van der Waals surface area contributed by atoms with Crippen LogP contribution < -0.4 is 10.9 Å². The smallest absolute Gasteiger partial charge is 0.335 e. The lowest BCUT2D eigenvalue weighted by Crippen LogP contribution is -2.42. The zero-order valence-corrected chi connectivity index (χ0v) is 9.91. The van der Waals surface area contributed by atoms with Crippen molar-refractivity contribution in [2.24, 2.45) is 0 Å². The maximum atomic E-state index is 11.7. The van der Waals surface area contributed by atoms with Crippen LogP contribution in [0.2, 0.25) is 0 Å². The van der Waals surface area contributed by atoms with E-state index in [-0.39, 0.29) is 5.56 Å². The number of aliphatic carboxylic acids is 1. The Hall–Kier alpha value is -2.64. The molecule has 19 heavy (non-hydrogen) atoms. The lowest BCUT2D eigenvalue weighted by Gasteiger charge is -2.12. The molecule has 0 radical (unpaired) electrons. The van der Waals surface area contributed by atoms with Gasteiger partial charge in [0.1, 0.15) is 12.3 Å². The summed E-state index contributed by atoms with van der Waals surface area (Å²) in [4.78, 5) is 44.2. The molecule has 1 heterocycles. The van der Waals surface area contributed by atoms with Crippen molar-refractivity contribution in [1.82, 2.24) is 5.32 Å². The van der Waals surface area contributed by atoms with Crippen LogP contribution in [0, 0.1) is 0 Å². The number of carboxylic acids is 1. The number of carboxylic acid groups (broad SMARTS) is 1. The Balaban J connectivity index is 2.76. The highest BCUT2D eigenvalue weighted by molar-refractivity contribution is 5.97. The van der Waals surface area contributed by atoms with Gasteiger partial charge < -0.3 is 19.6 Å². The zero-order valence-electron chi connectivity index (χ0n) is 9.91. The van der Waals surface area contributed by atoms with Gasteiger partial charge in [0.15, 0.2) is 0 Å². The van der Waals surface area contributed by atoms with Crippen LogP contribution in [-0.2, 0) is 14.3 Å². The number of ether oxygens (including phenoxy) is 1. The Morgan fingerprint density at radius 1 is 1.42 bits per heavy atom. The molecule has 1 atom stereocenters. The van der Waals surface area contributed by atoms with Gasteiger partial charge in [-0.25, -0.2) is 9.59 Å². The molecule has 2 N–H and O–H groups in total. The minimum atomic E-state index is -1.42. The van der Waals surface area contributed by atoms with Gasteiger partial charge in [0.05, 0.1) is 19.1 Å². The van der Waals surface area contributed by atoms with Crippen LogP contribution in [0.25, 0.3) is 0 Å². The van der Waals surface area contributed by atoms with Gasteiger partial charge in [0, 0.05) is 6.07 Å². The number of methoxy groups -OCH3 is 1. The van der Waals surface area contributed by atoms with Crippen molar-refractivity contribution in [1.29, 1.82) is 0 Å². The van der Waals surface area contributed by atoms with E-state index in [1.54, 1.807) is 0 Å². The quantitative estimate of drug-likeness (QED) is 0.683.